The molecule has 1 fully saturated rings. The number of aromatic nitrogens is 1. The van der Waals surface area contributed by atoms with Crippen molar-refractivity contribution in [3.05, 3.63) is 59.5 Å². The lowest BCUT2D eigenvalue weighted by molar-refractivity contribution is -0.149. The van der Waals surface area contributed by atoms with Gasteiger partial charge in [-0.3, -0.25) is 5.32 Å². The molecule has 126 valence electrons. The van der Waals surface area contributed by atoms with Gasteiger partial charge in [-0.1, -0.05) is 18.2 Å². The van der Waals surface area contributed by atoms with Crippen molar-refractivity contribution in [2.75, 3.05) is 18.5 Å². The quantitative estimate of drug-likeness (QED) is 0.903. The van der Waals surface area contributed by atoms with Crippen LogP contribution in [0.3, 0.4) is 0 Å². The number of nitrogens with one attached hydrogen (secondary N) is 2. The smallest absolute Gasteiger partial charge is 0.320 e. The fourth-order valence-electron chi connectivity index (χ4n) is 2.44. The van der Waals surface area contributed by atoms with E-state index in [1.165, 1.54) is 12.1 Å². The molecule has 24 heavy (non-hydrogen) atoms. The average molecular weight is 331 g/mol. The Kier molecular flexibility index (Phi) is 4.73. The number of hydrogen-bond acceptors (Lipinski definition) is 4. The number of nitrogens with zero attached hydrogens (tertiary/aromatic N) is 1. The zero-order valence-corrected chi connectivity index (χ0v) is 13.2. The summed E-state index contributed by atoms with van der Waals surface area (Å²) >= 11 is 0. The number of carbonyl (C=O) groups excluding carboxylic acids is 1. The highest BCUT2D eigenvalue weighted by atomic mass is 19.1. The third kappa shape index (κ3) is 3.87. The summed E-state index contributed by atoms with van der Waals surface area (Å²) in [5, 5.41) is 5.27. The Morgan fingerprint density at radius 1 is 1.29 bits per heavy atom. The Hall–Kier alpha value is -2.51. The maximum Gasteiger partial charge on any atom is 0.320 e. The van der Waals surface area contributed by atoms with Gasteiger partial charge >= 0.3 is 6.03 Å². The summed E-state index contributed by atoms with van der Waals surface area (Å²) in [7, 11) is 0. The van der Waals surface area contributed by atoms with Crippen molar-refractivity contribution >= 4 is 11.8 Å². The number of ether oxygens (including phenoxy) is 2. The molecule has 6 nitrogen and oxygen atoms in total. The van der Waals surface area contributed by atoms with E-state index in [0.717, 1.165) is 17.3 Å². The van der Waals surface area contributed by atoms with Gasteiger partial charge in [0.15, 0.2) is 5.79 Å². The monoisotopic (exact) mass is 331 g/mol. The third-order valence-corrected chi connectivity index (χ3v) is 3.71. The first-order chi connectivity index (χ1) is 11.5. The van der Waals surface area contributed by atoms with Gasteiger partial charge in [0.25, 0.3) is 0 Å². The van der Waals surface area contributed by atoms with Crippen LogP contribution >= 0.6 is 0 Å². The fourth-order valence-corrected chi connectivity index (χ4v) is 2.44. The van der Waals surface area contributed by atoms with Gasteiger partial charge < -0.3 is 14.8 Å². The van der Waals surface area contributed by atoms with Gasteiger partial charge in [-0.15, -0.1) is 0 Å². The second kappa shape index (κ2) is 6.94. The predicted octanol–water partition coefficient (Wildman–Crippen LogP) is 2.76. The first-order valence-electron chi connectivity index (χ1n) is 7.59. The SMILES string of the molecule is CC1(c2cccc(CNC(=O)Nc3ccc(F)cn3)c2)OCCO1. The highest BCUT2D eigenvalue weighted by molar-refractivity contribution is 5.88. The molecule has 2 aromatic rings. The van der Waals surface area contributed by atoms with Crippen molar-refractivity contribution in [2.24, 2.45) is 0 Å². The Bertz CT molecular complexity index is 715. The van der Waals surface area contributed by atoms with Gasteiger partial charge in [0.2, 0.25) is 0 Å². The zero-order valence-electron chi connectivity index (χ0n) is 13.2. The molecule has 0 unspecified atom stereocenters. The standard InChI is InChI=1S/C17H18FN3O3/c1-17(23-7-8-24-17)13-4-2-3-12(9-13)10-20-16(22)21-15-6-5-14(18)11-19-15/h2-6,9,11H,7-8,10H2,1H3,(H2,19,20,21,22). The van der Waals surface area contributed by atoms with Gasteiger partial charge in [-0.05, 0) is 30.7 Å². The molecule has 1 aromatic heterocycles. The Morgan fingerprint density at radius 2 is 2.08 bits per heavy atom. The molecule has 1 aromatic carbocycles. The number of hydrogen-bond donors (Lipinski definition) is 2. The van der Waals surface area contributed by atoms with Gasteiger partial charge in [-0.2, -0.15) is 0 Å². The van der Waals surface area contributed by atoms with Crippen molar-refractivity contribution in [1.82, 2.24) is 10.3 Å². The topological polar surface area (TPSA) is 72.5 Å². The summed E-state index contributed by atoms with van der Waals surface area (Å²) in [4.78, 5) is 15.6. The highest BCUT2D eigenvalue weighted by Crippen LogP contribution is 2.31. The molecule has 7 heteroatoms. The van der Waals surface area contributed by atoms with Crippen LogP contribution in [0.1, 0.15) is 18.1 Å². The van der Waals surface area contributed by atoms with Crippen molar-refractivity contribution in [3.8, 4) is 0 Å². The summed E-state index contributed by atoms with van der Waals surface area (Å²) in [5.41, 5.74) is 1.81. The largest absolute Gasteiger partial charge is 0.344 e. The number of rotatable bonds is 4. The number of anilines is 1. The van der Waals surface area contributed by atoms with Crippen LogP contribution in [0.25, 0.3) is 0 Å². The lowest BCUT2D eigenvalue weighted by Crippen LogP contribution is -2.29. The van der Waals surface area contributed by atoms with Crippen LogP contribution in [0.15, 0.2) is 42.6 Å². The molecule has 2 N–H and O–H groups in total. The molecule has 0 spiro atoms. The number of benzene rings is 1. The fraction of sp³-hybridized carbons (Fsp3) is 0.294. The van der Waals surface area contributed by atoms with E-state index in [9.17, 15) is 9.18 Å². The van der Waals surface area contributed by atoms with Crippen molar-refractivity contribution in [3.63, 3.8) is 0 Å². The summed E-state index contributed by atoms with van der Waals surface area (Å²) < 4.78 is 24.0. The van der Waals surface area contributed by atoms with E-state index >= 15 is 0 Å². The van der Waals surface area contributed by atoms with Crippen LogP contribution in [0.4, 0.5) is 15.0 Å². The van der Waals surface area contributed by atoms with E-state index in [-0.39, 0.29) is 5.82 Å². The average Bonchev–Trinajstić information content (AvgIpc) is 3.03. The molecule has 2 amide bonds. The molecule has 1 aliphatic rings. The van der Waals surface area contributed by atoms with E-state index in [4.69, 9.17) is 9.47 Å². The van der Waals surface area contributed by atoms with E-state index in [2.05, 4.69) is 15.6 Å². The molecular formula is C17H18FN3O3. The van der Waals surface area contributed by atoms with Crippen molar-refractivity contribution < 1.29 is 18.7 Å². The van der Waals surface area contributed by atoms with Crippen LogP contribution < -0.4 is 10.6 Å². The molecule has 0 saturated carbocycles. The molecule has 0 bridgehead atoms. The van der Waals surface area contributed by atoms with E-state index in [0.29, 0.717) is 19.8 Å². The molecule has 0 aliphatic carbocycles. The minimum absolute atomic E-state index is 0.280. The predicted molar refractivity (Wildman–Crippen MR) is 85.8 cm³/mol. The normalized spacial score (nSPS) is 15.9. The Labute approximate surface area is 139 Å². The van der Waals surface area contributed by atoms with Crippen LogP contribution in [0, 0.1) is 5.82 Å². The van der Waals surface area contributed by atoms with E-state index in [1.54, 1.807) is 0 Å². The summed E-state index contributed by atoms with van der Waals surface area (Å²) in [6.07, 6.45) is 1.04. The maximum atomic E-state index is 12.8. The number of carbonyl (C=O) groups is 1. The van der Waals surface area contributed by atoms with Gasteiger partial charge in [0, 0.05) is 12.1 Å². The zero-order chi connectivity index (χ0) is 17.0. The van der Waals surface area contributed by atoms with E-state index in [1.807, 2.05) is 31.2 Å². The maximum absolute atomic E-state index is 12.8. The van der Waals surface area contributed by atoms with Crippen LogP contribution in [0.2, 0.25) is 0 Å². The van der Waals surface area contributed by atoms with Gasteiger partial charge in [0.1, 0.15) is 11.6 Å². The van der Waals surface area contributed by atoms with Crippen molar-refractivity contribution in [1.29, 1.82) is 0 Å². The highest BCUT2D eigenvalue weighted by Gasteiger charge is 2.33. The second-order valence-electron chi connectivity index (χ2n) is 5.51. The molecule has 0 atom stereocenters. The summed E-state index contributed by atoms with van der Waals surface area (Å²) in [5.74, 6) is -0.915. The summed E-state index contributed by atoms with van der Waals surface area (Å²) in [6, 6.07) is 9.86. The number of halogens is 1. The molecular weight excluding hydrogens is 313 g/mol. The first kappa shape index (κ1) is 16.4. The van der Waals surface area contributed by atoms with Crippen molar-refractivity contribution in [2.45, 2.75) is 19.3 Å². The number of pyridine rings is 1. The molecule has 2 heterocycles. The van der Waals surface area contributed by atoms with E-state index < -0.39 is 17.6 Å². The van der Waals surface area contributed by atoms with Crippen LogP contribution in [0.5, 0.6) is 0 Å². The Balaban J connectivity index is 1.58. The van der Waals surface area contributed by atoms with Gasteiger partial charge in [-0.25, -0.2) is 14.2 Å². The number of urea groups is 1. The first-order valence-corrected chi connectivity index (χ1v) is 7.59. The Morgan fingerprint density at radius 3 is 2.79 bits per heavy atom. The second-order valence-corrected chi connectivity index (χ2v) is 5.51. The van der Waals surface area contributed by atoms with Crippen LogP contribution in [-0.4, -0.2) is 24.2 Å². The minimum atomic E-state index is -0.740. The van der Waals surface area contributed by atoms with Gasteiger partial charge in [0.05, 0.1) is 19.4 Å². The lowest BCUT2D eigenvalue weighted by Gasteiger charge is -2.23. The summed E-state index contributed by atoms with van der Waals surface area (Å²) in [6.45, 7) is 3.33. The van der Waals surface area contributed by atoms with Crippen LogP contribution in [-0.2, 0) is 21.8 Å². The molecule has 0 radical (unpaired) electrons. The molecule has 1 saturated heterocycles. The molecule has 1 aliphatic heterocycles. The lowest BCUT2D eigenvalue weighted by atomic mass is 10.0. The minimum Gasteiger partial charge on any atom is -0.344 e. The number of amides is 2. The molecule has 3 rings (SSSR count). The third-order valence-electron chi connectivity index (χ3n) is 3.71.